The molecule has 4 nitrogen and oxygen atoms in total. The summed E-state index contributed by atoms with van der Waals surface area (Å²) in [6.07, 6.45) is 3.35. The van der Waals surface area contributed by atoms with Gasteiger partial charge in [0.05, 0.1) is 6.04 Å². The molecule has 0 bridgehead atoms. The molecule has 21 heavy (non-hydrogen) atoms. The number of nitrogens with one attached hydrogen (secondary N) is 1. The SMILES string of the molecule is CC(Nc1nccn(C(C)(C)C)c1=O)c1ccc(Cl)cc1. The van der Waals surface area contributed by atoms with E-state index < -0.39 is 0 Å². The van der Waals surface area contributed by atoms with Gasteiger partial charge >= 0.3 is 0 Å². The summed E-state index contributed by atoms with van der Waals surface area (Å²) in [5.41, 5.74) is 0.650. The van der Waals surface area contributed by atoms with Crippen molar-refractivity contribution in [2.75, 3.05) is 5.32 Å². The molecular formula is C16H20ClN3O. The smallest absolute Gasteiger partial charge is 0.293 e. The topological polar surface area (TPSA) is 46.9 Å². The molecule has 1 aromatic carbocycles. The summed E-state index contributed by atoms with van der Waals surface area (Å²) in [5.74, 6) is 0.356. The maximum Gasteiger partial charge on any atom is 0.293 e. The lowest BCUT2D eigenvalue weighted by Crippen LogP contribution is -2.35. The van der Waals surface area contributed by atoms with Crippen LogP contribution >= 0.6 is 11.6 Å². The number of aromatic nitrogens is 2. The lowest BCUT2D eigenvalue weighted by molar-refractivity contribution is 0.383. The van der Waals surface area contributed by atoms with Gasteiger partial charge in [-0.2, -0.15) is 0 Å². The molecule has 0 saturated carbocycles. The van der Waals surface area contributed by atoms with Crippen LogP contribution in [0.2, 0.25) is 5.02 Å². The summed E-state index contributed by atoms with van der Waals surface area (Å²) in [6.45, 7) is 7.95. The zero-order chi connectivity index (χ0) is 15.6. The third-order valence-electron chi connectivity index (χ3n) is 3.29. The van der Waals surface area contributed by atoms with Crippen LogP contribution in [0.1, 0.15) is 39.3 Å². The van der Waals surface area contributed by atoms with Crippen LogP contribution in [-0.4, -0.2) is 9.55 Å². The fourth-order valence-corrected chi connectivity index (χ4v) is 2.20. The highest BCUT2D eigenvalue weighted by Crippen LogP contribution is 2.19. The number of benzene rings is 1. The first kappa shape index (κ1) is 15.6. The molecule has 5 heteroatoms. The Morgan fingerprint density at radius 3 is 2.43 bits per heavy atom. The molecule has 0 saturated heterocycles. The zero-order valence-corrected chi connectivity index (χ0v) is 13.5. The number of hydrogen-bond acceptors (Lipinski definition) is 3. The van der Waals surface area contributed by atoms with Gasteiger partial charge in [-0.3, -0.25) is 4.79 Å². The molecule has 0 spiro atoms. The van der Waals surface area contributed by atoms with Gasteiger partial charge in [0.2, 0.25) is 0 Å². The molecular weight excluding hydrogens is 286 g/mol. The Bertz CT molecular complexity index is 671. The van der Waals surface area contributed by atoms with Gasteiger partial charge in [-0.1, -0.05) is 23.7 Å². The first-order chi connectivity index (χ1) is 9.79. The van der Waals surface area contributed by atoms with Gasteiger partial charge in [0.1, 0.15) is 0 Å². The van der Waals surface area contributed by atoms with Crippen molar-refractivity contribution in [2.24, 2.45) is 0 Å². The van der Waals surface area contributed by atoms with Crippen LogP contribution in [0.3, 0.4) is 0 Å². The lowest BCUT2D eigenvalue weighted by atomic mass is 10.1. The molecule has 1 atom stereocenters. The minimum Gasteiger partial charge on any atom is -0.359 e. The molecule has 1 N–H and O–H groups in total. The summed E-state index contributed by atoms with van der Waals surface area (Å²) in [7, 11) is 0. The van der Waals surface area contributed by atoms with E-state index in [-0.39, 0.29) is 17.1 Å². The van der Waals surface area contributed by atoms with Crippen LogP contribution < -0.4 is 10.9 Å². The van der Waals surface area contributed by atoms with Crippen molar-refractivity contribution in [3.05, 3.63) is 57.6 Å². The Kier molecular flexibility index (Phi) is 4.37. The Hall–Kier alpha value is -1.81. The summed E-state index contributed by atoms with van der Waals surface area (Å²) in [5, 5.41) is 3.86. The van der Waals surface area contributed by atoms with Gasteiger partial charge in [-0.05, 0) is 45.4 Å². The molecule has 0 aliphatic heterocycles. The summed E-state index contributed by atoms with van der Waals surface area (Å²) < 4.78 is 1.68. The number of nitrogens with zero attached hydrogens (tertiary/aromatic N) is 2. The second kappa shape index (κ2) is 5.90. The largest absolute Gasteiger partial charge is 0.359 e. The molecule has 0 aliphatic rings. The predicted molar refractivity (Wildman–Crippen MR) is 87.0 cm³/mol. The standard InChI is InChI=1S/C16H20ClN3O/c1-11(12-5-7-13(17)8-6-12)19-14-15(21)20(10-9-18-14)16(2,3)4/h5-11H,1-4H3,(H,18,19). The van der Waals surface area contributed by atoms with Crippen molar-refractivity contribution in [2.45, 2.75) is 39.3 Å². The molecule has 0 amide bonds. The number of hydrogen-bond donors (Lipinski definition) is 1. The van der Waals surface area contributed by atoms with Gasteiger partial charge in [-0.25, -0.2) is 4.98 Å². The minimum absolute atomic E-state index is 0.0294. The summed E-state index contributed by atoms with van der Waals surface area (Å²) in [6, 6.07) is 7.51. The van der Waals surface area contributed by atoms with E-state index in [1.165, 1.54) is 0 Å². The molecule has 1 heterocycles. The normalized spacial score (nSPS) is 13.0. The minimum atomic E-state index is -0.278. The van der Waals surface area contributed by atoms with Crippen molar-refractivity contribution < 1.29 is 0 Å². The number of rotatable bonds is 3. The molecule has 0 fully saturated rings. The summed E-state index contributed by atoms with van der Waals surface area (Å²) in [4.78, 5) is 16.6. The van der Waals surface area contributed by atoms with Gasteiger partial charge in [0.25, 0.3) is 5.56 Å². The average Bonchev–Trinajstić information content (AvgIpc) is 2.40. The van der Waals surface area contributed by atoms with Gasteiger partial charge in [0.15, 0.2) is 5.82 Å². The fourth-order valence-electron chi connectivity index (χ4n) is 2.08. The monoisotopic (exact) mass is 305 g/mol. The van der Waals surface area contributed by atoms with E-state index in [1.54, 1.807) is 17.0 Å². The molecule has 112 valence electrons. The van der Waals surface area contributed by atoms with E-state index in [2.05, 4.69) is 10.3 Å². The van der Waals surface area contributed by atoms with E-state index in [0.717, 1.165) is 5.56 Å². The molecule has 1 aromatic heterocycles. The van der Waals surface area contributed by atoms with Crippen molar-refractivity contribution in [1.82, 2.24) is 9.55 Å². The van der Waals surface area contributed by atoms with Gasteiger partial charge in [-0.15, -0.1) is 0 Å². The fraction of sp³-hybridized carbons (Fsp3) is 0.375. The van der Waals surface area contributed by atoms with Gasteiger partial charge < -0.3 is 9.88 Å². The zero-order valence-electron chi connectivity index (χ0n) is 12.7. The van der Waals surface area contributed by atoms with E-state index in [4.69, 9.17) is 11.6 Å². The Morgan fingerprint density at radius 1 is 1.24 bits per heavy atom. The van der Waals surface area contributed by atoms with E-state index in [1.807, 2.05) is 52.0 Å². The van der Waals surface area contributed by atoms with Crippen molar-refractivity contribution >= 4 is 17.4 Å². The molecule has 1 unspecified atom stereocenters. The summed E-state index contributed by atoms with van der Waals surface area (Å²) >= 11 is 5.89. The number of anilines is 1. The lowest BCUT2D eigenvalue weighted by Gasteiger charge is -2.23. The molecule has 0 radical (unpaired) electrons. The van der Waals surface area contributed by atoms with Crippen LogP contribution in [0, 0.1) is 0 Å². The average molecular weight is 306 g/mol. The highest BCUT2D eigenvalue weighted by molar-refractivity contribution is 6.30. The van der Waals surface area contributed by atoms with E-state index >= 15 is 0 Å². The maximum absolute atomic E-state index is 12.5. The molecule has 0 aliphatic carbocycles. The van der Waals surface area contributed by atoms with Crippen LogP contribution in [0.4, 0.5) is 5.82 Å². The highest BCUT2D eigenvalue weighted by atomic mass is 35.5. The van der Waals surface area contributed by atoms with Crippen LogP contribution in [-0.2, 0) is 5.54 Å². The van der Waals surface area contributed by atoms with Crippen molar-refractivity contribution in [1.29, 1.82) is 0 Å². The first-order valence-electron chi connectivity index (χ1n) is 6.89. The maximum atomic E-state index is 12.5. The van der Waals surface area contributed by atoms with Crippen molar-refractivity contribution in [3.63, 3.8) is 0 Å². The second-order valence-electron chi connectivity index (χ2n) is 6.04. The van der Waals surface area contributed by atoms with Crippen molar-refractivity contribution in [3.8, 4) is 0 Å². The van der Waals surface area contributed by atoms with Gasteiger partial charge in [0, 0.05) is 23.0 Å². The number of halogens is 1. The molecule has 2 aromatic rings. The first-order valence-corrected chi connectivity index (χ1v) is 7.27. The highest BCUT2D eigenvalue weighted by Gasteiger charge is 2.17. The third kappa shape index (κ3) is 3.64. The van der Waals surface area contributed by atoms with E-state index in [9.17, 15) is 4.79 Å². The second-order valence-corrected chi connectivity index (χ2v) is 6.48. The Balaban J connectivity index is 2.28. The Morgan fingerprint density at radius 2 is 1.86 bits per heavy atom. The third-order valence-corrected chi connectivity index (χ3v) is 3.54. The van der Waals surface area contributed by atoms with Crippen LogP contribution in [0.25, 0.3) is 0 Å². The quantitative estimate of drug-likeness (QED) is 0.937. The molecule has 2 rings (SSSR count). The van der Waals surface area contributed by atoms with Crippen LogP contribution in [0.5, 0.6) is 0 Å². The predicted octanol–water partition coefficient (Wildman–Crippen LogP) is 3.82. The Labute approximate surface area is 129 Å². The van der Waals surface area contributed by atoms with E-state index in [0.29, 0.717) is 10.8 Å². The van der Waals surface area contributed by atoms with Crippen LogP contribution in [0.15, 0.2) is 41.5 Å².